The third kappa shape index (κ3) is 2.22. The first-order valence-corrected chi connectivity index (χ1v) is 5.78. The fourth-order valence-corrected chi connectivity index (χ4v) is 1.99. The normalized spacial score (nSPS) is 22.8. The molecular formula is C12H11ClN2O3. The number of nitrogens with one attached hydrogen (secondary N) is 2. The maximum atomic E-state index is 12.0. The molecule has 0 aromatic heterocycles. The molecule has 0 spiro atoms. The number of hydrogen-bond acceptors (Lipinski definition) is 3. The zero-order valence-corrected chi connectivity index (χ0v) is 10.3. The molecule has 1 aromatic rings. The molecule has 1 heterocycles. The van der Waals surface area contributed by atoms with Gasteiger partial charge in [0.15, 0.2) is 0 Å². The molecule has 1 aliphatic heterocycles. The van der Waals surface area contributed by atoms with Gasteiger partial charge in [-0.3, -0.25) is 19.7 Å². The Hall–Kier alpha value is -1.88. The smallest absolute Gasteiger partial charge is 0.239 e. The number of imide groups is 1. The van der Waals surface area contributed by atoms with Gasteiger partial charge in [-0.2, -0.15) is 0 Å². The molecule has 0 radical (unpaired) electrons. The maximum Gasteiger partial charge on any atom is 0.239 e. The summed E-state index contributed by atoms with van der Waals surface area (Å²) in [4.78, 5) is 34.7. The summed E-state index contributed by atoms with van der Waals surface area (Å²) in [5.74, 6) is -3.20. The highest BCUT2D eigenvalue weighted by Gasteiger charge is 2.43. The molecule has 94 valence electrons. The van der Waals surface area contributed by atoms with Gasteiger partial charge in [-0.25, -0.2) is 0 Å². The molecule has 1 aliphatic rings. The van der Waals surface area contributed by atoms with Crippen LogP contribution in [0.15, 0.2) is 24.3 Å². The van der Waals surface area contributed by atoms with Crippen molar-refractivity contribution >= 4 is 35.0 Å². The van der Waals surface area contributed by atoms with Crippen molar-refractivity contribution in [2.45, 2.75) is 6.92 Å². The SMILES string of the molecule is CC1C(=O)NC(=O)C1C(=O)Nc1ccccc1Cl. The van der Waals surface area contributed by atoms with Crippen LogP contribution in [0.25, 0.3) is 0 Å². The molecule has 1 aromatic carbocycles. The van der Waals surface area contributed by atoms with Crippen LogP contribution in [0.1, 0.15) is 6.92 Å². The van der Waals surface area contributed by atoms with Crippen molar-refractivity contribution in [1.82, 2.24) is 5.32 Å². The van der Waals surface area contributed by atoms with Gasteiger partial charge >= 0.3 is 0 Å². The van der Waals surface area contributed by atoms with Crippen LogP contribution in [0.2, 0.25) is 5.02 Å². The first kappa shape index (κ1) is 12.6. The summed E-state index contributed by atoms with van der Waals surface area (Å²) in [5.41, 5.74) is 0.420. The maximum absolute atomic E-state index is 12.0. The third-order valence-corrected chi connectivity index (χ3v) is 3.19. The summed E-state index contributed by atoms with van der Waals surface area (Å²) >= 11 is 5.89. The Bertz CT molecular complexity index is 530. The Kier molecular flexibility index (Phi) is 3.34. The summed E-state index contributed by atoms with van der Waals surface area (Å²) in [6, 6.07) is 6.69. The lowest BCUT2D eigenvalue weighted by molar-refractivity contribution is -0.131. The second-order valence-electron chi connectivity index (χ2n) is 4.09. The van der Waals surface area contributed by atoms with Gasteiger partial charge in [0.2, 0.25) is 17.7 Å². The second-order valence-corrected chi connectivity index (χ2v) is 4.50. The number of para-hydroxylation sites is 1. The van der Waals surface area contributed by atoms with Crippen LogP contribution in [0.3, 0.4) is 0 Å². The second kappa shape index (κ2) is 4.78. The number of hydrogen-bond donors (Lipinski definition) is 2. The minimum Gasteiger partial charge on any atom is -0.324 e. The van der Waals surface area contributed by atoms with Gasteiger partial charge in [-0.15, -0.1) is 0 Å². The number of rotatable bonds is 2. The monoisotopic (exact) mass is 266 g/mol. The molecule has 0 saturated carbocycles. The molecule has 3 amide bonds. The van der Waals surface area contributed by atoms with Gasteiger partial charge in [0.1, 0.15) is 5.92 Å². The molecule has 5 nitrogen and oxygen atoms in total. The number of anilines is 1. The van der Waals surface area contributed by atoms with Crippen LogP contribution in [0, 0.1) is 11.8 Å². The Morgan fingerprint density at radius 3 is 2.50 bits per heavy atom. The Labute approximate surface area is 109 Å². The standard InChI is InChI=1S/C12H11ClN2O3/c1-6-9(12(18)15-10(6)16)11(17)14-8-5-3-2-4-7(8)13/h2-6,9H,1H3,(H,14,17)(H,15,16,18). The van der Waals surface area contributed by atoms with Gasteiger partial charge < -0.3 is 5.32 Å². The number of carbonyl (C=O) groups excluding carboxylic acids is 3. The van der Waals surface area contributed by atoms with Crippen LogP contribution < -0.4 is 10.6 Å². The van der Waals surface area contributed by atoms with Crippen molar-refractivity contribution in [3.63, 3.8) is 0 Å². The van der Waals surface area contributed by atoms with Crippen molar-refractivity contribution in [3.05, 3.63) is 29.3 Å². The van der Waals surface area contributed by atoms with Crippen molar-refractivity contribution in [2.24, 2.45) is 11.8 Å². The zero-order valence-electron chi connectivity index (χ0n) is 9.57. The summed E-state index contributed by atoms with van der Waals surface area (Å²) < 4.78 is 0. The highest BCUT2D eigenvalue weighted by atomic mass is 35.5. The average Bonchev–Trinajstić information content (AvgIpc) is 2.56. The van der Waals surface area contributed by atoms with E-state index < -0.39 is 29.6 Å². The van der Waals surface area contributed by atoms with Gasteiger partial charge in [0.25, 0.3) is 0 Å². The summed E-state index contributed by atoms with van der Waals surface area (Å²) in [5, 5.41) is 5.05. The van der Waals surface area contributed by atoms with Crippen molar-refractivity contribution in [1.29, 1.82) is 0 Å². The molecule has 1 saturated heterocycles. The third-order valence-electron chi connectivity index (χ3n) is 2.86. The summed E-state index contributed by atoms with van der Waals surface area (Å²) in [7, 11) is 0. The van der Waals surface area contributed by atoms with E-state index in [9.17, 15) is 14.4 Å². The quantitative estimate of drug-likeness (QED) is 0.624. The Morgan fingerprint density at radius 1 is 1.28 bits per heavy atom. The fourth-order valence-electron chi connectivity index (χ4n) is 1.81. The Balaban J connectivity index is 2.16. The molecule has 0 aliphatic carbocycles. The van der Waals surface area contributed by atoms with Gasteiger partial charge in [0, 0.05) is 0 Å². The van der Waals surface area contributed by atoms with Crippen LogP contribution in [-0.4, -0.2) is 17.7 Å². The predicted octanol–water partition coefficient (Wildman–Crippen LogP) is 1.19. The van der Waals surface area contributed by atoms with Crippen molar-refractivity contribution in [2.75, 3.05) is 5.32 Å². The number of halogens is 1. The Morgan fingerprint density at radius 2 is 1.94 bits per heavy atom. The minimum absolute atomic E-state index is 0.378. The van der Waals surface area contributed by atoms with E-state index in [0.717, 1.165) is 0 Å². The van der Waals surface area contributed by atoms with E-state index in [1.165, 1.54) is 6.92 Å². The van der Waals surface area contributed by atoms with Crippen molar-refractivity contribution < 1.29 is 14.4 Å². The zero-order chi connectivity index (χ0) is 13.3. The predicted molar refractivity (Wildman–Crippen MR) is 65.9 cm³/mol. The summed E-state index contributed by atoms with van der Waals surface area (Å²) in [6.07, 6.45) is 0. The largest absolute Gasteiger partial charge is 0.324 e. The first-order valence-electron chi connectivity index (χ1n) is 5.41. The molecule has 2 unspecified atom stereocenters. The number of carbonyl (C=O) groups is 3. The van der Waals surface area contributed by atoms with E-state index in [2.05, 4.69) is 10.6 Å². The van der Waals surface area contributed by atoms with E-state index in [0.29, 0.717) is 10.7 Å². The van der Waals surface area contributed by atoms with Gasteiger partial charge in [-0.1, -0.05) is 30.7 Å². The average molecular weight is 267 g/mol. The topological polar surface area (TPSA) is 75.3 Å². The van der Waals surface area contributed by atoms with E-state index in [4.69, 9.17) is 11.6 Å². The highest BCUT2D eigenvalue weighted by Crippen LogP contribution is 2.24. The van der Waals surface area contributed by atoms with Crippen LogP contribution >= 0.6 is 11.6 Å². The fraction of sp³-hybridized carbons (Fsp3) is 0.250. The van der Waals surface area contributed by atoms with E-state index in [-0.39, 0.29) is 0 Å². The molecule has 2 atom stereocenters. The lowest BCUT2D eigenvalue weighted by Gasteiger charge is -2.12. The molecule has 1 fully saturated rings. The molecule has 6 heteroatoms. The first-order chi connectivity index (χ1) is 8.50. The van der Waals surface area contributed by atoms with Gasteiger partial charge in [-0.05, 0) is 12.1 Å². The highest BCUT2D eigenvalue weighted by molar-refractivity contribution is 6.34. The lowest BCUT2D eigenvalue weighted by Crippen LogP contribution is -2.32. The minimum atomic E-state index is -1.01. The molecule has 2 N–H and O–H groups in total. The number of amides is 3. The van der Waals surface area contributed by atoms with Crippen LogP contribution in [-0.2, 0) is 14.4 Å². The van der Waals surface area contributed by atoms with E-state index in [1.54, 1.807) is 24.3 Å². The molecule has 0 bridgehead atoms. The van der Waals surface area contributed by atoms with Crippen molar-refractivity contribution in [3.8, 4) is 0 Å². The van der Waals surface area contributed by atoms with Crippen LogP contribution in [0.5, 0.6) is 0 Å². The van der Waals surface area contributed by atoms with Crippen LogP contribution in [0.4, 0.5) is 5.69 Å². The molecule has 18 heavy (non-hydrogen) atoms. The molecular weight excluding hydrogens is 256 g/mol. The summed E-state index contributed by atoms with van der Waals surface area (Å²) in [6.45, 7) is 1.54. The van der Waals surface area contributed by atoms with E-state index in [1.807, 2.05) is 0 Å². The van der Waals surface area contributed by atoms with Gasteiger partial charge in [0.05, 0.1) is 16.6 Å². The molecule has 2 rings (SSSR count). The lowest BCUT2D eigenvalue weighted by atomic mass is 9.96. The van der Waals surface area contributed by atoms with E-state index >= 15 is 0 Å². The number of benzene rings is 1.